The van der Waals surface area contributed by atoms with Crippen LogP contribution in [0.5, 0.6) is 0 Å². The Morgan fingerprint density at radius 1 is 1.41 bits per heavy atom. The summed E-state index contributed by atoms with van der Waals surface area (Å²) < 4.78 is 0. The molecule has 2 N–H and O–H groups in total. The third-order valence-electron chi connectivity index (χ3n) is 3.66. The van der Waals surface area contributed by atoms with Crippen LogP contribution in [0.1, 0.15) is 31.2 Å². The lowest BCUT2D eigenvalue weighted by atomic mass is 9.93. The number of nitrogens with two attached hydrogens (primary N) is 1. The Balaban J connectivity index is 2.07. The van der Waals surface area contributed by atoms with E-state index in [1.54, 1.807) is 0 Å². The monoisotopic (exact) mass is 232 g/mol. The molecule has 1 saturated heterocycles. The van der Waals surface area contributed by atoms with E-state index in [9.17, 15) is 4.79 Å². The molecule has 1 aliphatic heterocycles. The highest BCUT2D eigenvalue weighted by atomic mass is 16.2. The molecule has 1 aliphatic rings. The van der Waals surface area contributed by atoms with E-state index in [4.69, 9.17) is 5.73 Å². The number of rotatable bonds is 3. The second kappa shape index (κ2) is 5.32. The van der Waals surface area contributed by atoms with E-state index in [1.807, 2.05) is 11.0 Å². The van der Waals surface area contributed by atoms with E-state index in [-0.39, 0.29) is 11.9 Å². The van der Waals surface area contributed by atoms with Crippen molar-refractivity contribution in [3.8, 4) is 0 Å². The summed E-state index contributed by atoms with van der Waals surface area (Å²) in [5.74, 6) is 0.663. The Bertz CT molecular complexity index is 377. The lowest BCUT2D eigenvalue weighted by Gasteiger charge is -2.25. The standard InChI is InChI=1S/C14H20N2O/c1-11-13(12-5-3-2-4-6-12)8-10-16(11)14(17)7-9-15/h2-6,11,13H,7-10,15H2,1H3. The molecule has 3 heteroatoms. The maximum atomic E-state index is 11.9. The zero-order chi connectivity index (χ0) is 12.3. The first-order valence-electron chi connectivity index (χ1n) is 6.28. The molecular formula is C14H20N2O. The first-order valence-corrected chi connectivity index (χ1v) is 6.28. The van der Waals surface area contributed by atoms with Crippen molar-refractivity contribution in [3.63, 3.8) is 0 Å². The van der Waals surface area contributed by atoms with Crippen molar-refractivity contribution in [2.24, 2.45) is 5.73 Å². The Labute approximate surface area is 103 Å². The van der Waals surface area contributed by atoms with Gasteiger partial charge < -0.3 is 10.6 Å². The van der Waals surface area contributed by atoms with Gasteiger partial charge in [-0.2, -0.15) is 0 Å². The number of amides is 1. The Hall–Kier alpha value is -1.35. The summed E-state index contributed by atoms with van der Waals surface area (Å²) in [6, 6.07) is 10.7. The van der Waals surface area contributed by atoms with Crippen LogP contribution in [0.4, 0.5) is 0 Å². The van der Waals surface area contributed by atoms with Crippen LogP contribution in [0, 0.1) is 0 Å². The zero-order valence-electron chi connectivity index (χ0n) is 10.3. The van der Waals surface area contributed by atoms with Crippen LogP contribution in [0.2, 0.25) is 0 Å². The summed E-state index contributed by atoms with van der Waals surface area (Å²) in [7, 11) is 0. The quantitative estimate of drug-likeness (QED) is 0.863. The number of carbonyl (C=O) groups is 1. The summed E-state index contributed by atoms with van der Waals surface area (Å²) >= 11 is 0. The van der Waals surface area contributed by atoms with E-state index < -0.39 is 0 Å². The molecule has 92 valence electrons. The highest BCUT2D eigenvalue weighted by molar-refractivity contribution is 5.77. The molecule has 1 aromatic carbocycles. The fourth-order valence-corrected chi connectivity index (χ4v) is 2.70. The SMILES string of the molecule is CC1C(c2ccccc2)CCN1C(=O)CCN. The van der Waals surface area contributed by atoms with Crippen molar-refractivity contribution in [1.82, 2.24) is 4.90 Å². The lowest BCUT2D eigenvalue weighted by Crippen LogP contribution is -2.36. The first-order chi connectivity index (χ1) is 8.24. The fraction of sp³-hybridized carbons (Fsp3) is 0.500. The topological polar surface area (TPSA) is 46.3 Å². The van der Waals surface area contributed by atoms with Crippen LogP contribution >= 0.6 is 0 Å². The van der Waals surface area contributed by atoms with Crippen molar-refractivity contribution in [2.75, 3.05) is 13.1 Å². The molecule has 0 aromatic heterocycles. The van der Waals surface area contributed by atoms with Gasteiger partial charge in [-0.05, 0) is 18.9 Å². The van der Waals surface area contributed by atoms with Crippen LogP contribution < -0.4 is 5.73 Å². The van der Waals surface area contributed by atoms with Gasteiger partial charge in [-0.25, -0.2) is 0 Å². The van der Waals surface area contributed by atoms with Gasteiger partial charge in [-0.3, -0.25) is 4.79 Å². The number of nitrogens with zero attached hydrogens (tertiary/aromatic N) is 1. The van der Waals surface area contributed by atoms with Crippen molar-refractivity contribution in [1.29, 1.82) is 0 Å². The van der Waals surface area contributed by atoms with E-state index >= 15 is 0 Å². The predicted octanol–water partition coefficient (Wildman–Crippen LogP) is 1.74. The molecule has 0 aliphatic carbocycles. The van der Waals surface area contributed by atoms with E-state index in [1.165, 1.54) is 5.56 Å². The molecule has 0 radical (unpaired) electrons. The second-order valence-electron chi connectivity index (χ2n) is 4.67. The molecule has 1 heterocycles. The van der Waals surface area contributed by atoms with E-state index in [0.29, 0.717) is 18.9 Å². The minimum atomic E-state index is 0.193. The summed E-state index contributed by atoms with van der Waals surface area (Å²) in [6.07, 6.45) is 1.52. The molecule has 3 nitrogen and oxygen atoms in total. The third-order valence-corrected chi connectivity index (χ3v) is 3.66. The average molecular weight is 232 g/mol. The molecule has 0 saturated carbocycles. The van der Waals surface area contributed by atoms with Crippen molar-refractivity contribution < 1.29 is 4.79 Å². The van der Waals surface area contributed by atoms with Crippen molar-refractivity contribution >= 4 is 5.91 Å². The third kappa shape index (κ3) is 2.50. The summed E-state index contributed by atoms with van der Waals surface area (Å²) in [6.45, 7) is 3.44. The van der Waals surface area contributed by atoms with Gasteiger partial charge in [0.05, 0.1) is 0 Å². The Morgan fingerprint density at radius 2 is 2.12 bits per heavy atom. The van der Waals surface area contributed by atoms with Crippen LogP contribution in [-0.4, -0.2) is 29.9 Å². The normalized spacial score (nSPS) is 24.0. The first kappa shape index (κ1) is 12.1. The number of carbonyl (C=O) groups excluding carboxylic acids is 1. The lowest BCUT2D eigenvalue weighted by molar-refractivity contribution is -0.131. The average Bonchev–Trinajstić information content (AvgIpc) is 2.72. The van der Waals surface area contributed by atoms with Gasteiger partial charge in [-0.1, -0.05) is 30.3 Å². The van der Waals surface area contributed by atoms with Gasteiger partial charge in [0.2, 0.25) is 5.91 Å². The molecule has 1 aromatic rings. The minimum absolute atomic E-state index is 0.193. The van der Waals surface area contributed by atoms with Crippen LogP contribution in [-0.2, 0) is 4.79 Å². The molecule has 2 atom stereocenters. The van der Waals surface area contributed by atoms with Crippen molar-refractivity contribution in [2.45, 2.75) is 31.7 Å². The maximum absolute atomic E-state index is 11.9. The van der Waals surface area contributed by atoms with E-state index in [2.05, 4.69) is 31.2 Å². The van der Waals surface area contributed by atoms with Crippen LogP contribution in [0.25, 0.3) is 0 Å². The molecule has 2 rings (SSSR count). The van der Waals surface area contributed by atoms with Gasteiger partial charge in [0.1, 0.15) is 0 Å². The molecule has 1 amide bonds. The molecule has 17 heavy (non-hydrogen) atoms. The highest BCUT2D eigenvalue weighted by Gasteiger charge is 2.33. The Morgan fingerprint density at radius 3 is 2.76 bits per heavy atom. The molecular weight excluding hydrogens is 212 g/mol. The number of hydrogen-bond donors (Lipinski definition) is 1. The predicted molar refractivity (Wildman–Crippen MR) is 68.6 cm³/mol. The van der Waals surface area contributed by atoms with Crippen molar-refractivity contribution in [3.05, 3.63) is 35.9 Å². The molecule has 0 spiro atoms. The maximum Gasteiger partial charge on any atom is 0.224 e. The van der Waals surface area contributed by atoms with Gasteiger partial charge in [0.25, 0.3) is 0 Å². The van der Waals surface area contributed by atoms with Gasteiger partial charge >= 0.3 is 0 Å². The van der Waals surface area contributed by atoms with Gasteiger partial charge in [0, 0.05) is 31.5 Å². The molecule has 0 bridgehead atoms. The largest absolute Gasteiger partial charge is 0.339 e. The molecule has 1 fully saturated rings. The number of benzene rings is 1. The number of hydrogen-bond acceptors (Lipinski definition) is 2. The minimum Gasteiger partial charge on any atom is -0.339 e. The van der Waals surface area contributed by atoms with Crippen LogP contribution in [0.15, 0.2) is 30.3 Å². The second-order valence-corrected chi connectivity index (χ2v) is 4.67. The zero-order valence-corrected chi connectivity index (χ0v) is 10.3. The van der Waals surface area contributed by atoms with E-state index in [0.717, 1.165) is 13.0 Å². The summed E-state index contributed by atoms with van der Waals surface area (Å²) in [4.78, 5) is 13.9. The summed E-state index contributed by atoms with van der Waals surface area (Å²) in [5, 5.41) is 0. The van der Waals surface area contributed by atoms with Gasteiger partial charge in [0.15, 0.2) is 0 Å². The summed E-state index contributed by atoms with van der Waals surface area (Å²) in [5.41, 5.74) is 6.78. The van der Waals surface area contributed by atoms with Crippen LogP contribution in [0.3, 0.4) is 0 Å². The Kier molecular flexibility index (Phi) is 3.79. The molecule has 2 unspecified atom stereocenters. The highest BCUT2D eigenvalue weighted by Crippen LogP contribution is 2.33. The number of likely N-dealkylation sites (tertiary alicyclic amines) is 1. The smallest absolute Gasteiger partial charge is 0.224 e. The fourth-order valence-electron chi connectivity index (χ4n) is 2.70. The van der Waals surface area contributed by atoms with Gasteiger partial charge in [-0.15, -0.1) is 0 Å².